The Hall–Kier alpha value is -1.89. The van der Waals surface area contributed by atoms with E-state index >= 15 is 0 Å². The van der Waals surface area contributed by atoms with Crippen LogP contribution in [0.1, 0.15) is 54.1 Å². The van der Waals surface area contributed by atoms with Crippen LogP contribution in [0.4, 0.5) is 0 Å². The van der Waals surface area contributed by atoms with Crippen molar-refractivity contribution in [3.05, 3.63) is 17.5 Å². The van der Waals surface area contributed by atoms with Crippen LogP contribution in [0.15, 0.2) is 6.20 Å². The second kappa shape index (κ2) is 7.40. The summed E-state index contributed by atoms with van der Waals surface area (Å²) in [5.74, 6) is -1.24. The molecule has 0 aromatic carbocycles. The van der Waals surface area contributed by atoms with Crippen molar-refractivity contribution in [3.8, 4) is 0 Å². The molecule has 2 rings (SSSR count). The number of ether oxygens (including phenoxy) is 1. The standard InChI is InChI=1S/C15H23N3O4/c1-18-8-11(13(17-18)10-6-4-3-5-7-10)14(19)16-12(9-22-2)15(20)21/h8,10,12H,3-7,9H2,1-2H3,(H,16,19)(H,20,21). The van der Waals surface area contributed by atoms with Gasteiger partial charge in [-0.25, -0.2) is 4.79 Å². The summed E-state index contributed by atoms with van der Waals surface area (Å²) in [5, 5.41) is 16.0. The lowest BCUT2D eigenvalue weighted by Gasteiger charge is -2.21. The van der Waals surface area contributed by atoms with Gasteiger partial charge in [-0.2, -0.15) is 5.10 Å². The van der Waals surface area contributed by atoms with E-state index in [1.165, 1.54) is 13.5 Å². The number of nitrogens with zero attached hydrogens (tertiary/aromatic N) is 2. The molecule has 1 fully saturated rings. The Bertz CT molecular complexity index is 535. The number of aryl methyl sites for hydroxylation is 1. The van der Waals surface area contributed by atoms with Gasteiger partial charge in [0, 0.05) is 26.3 Å². The molecule has 7 heteroatoms. The summed E-state index contributed by atoms with van der Waals surface area (Å²) in [6.07, 6.45) is 7.22. The van der Waals surface area contributed by atoms with E-state index in [2.05, 4.69) is 10.4 Å². The molecule has 0 bridgehead atoms. The molecule has 0 aliphatic heterocycles. The lowest BCUT2D eigenvalue weighted by Crippen LogP contribution is -2.44. The van der Waals surface area contributed by atoms with Crippen molar-refractivity contribution in [2.75, 3.05) is 13.7 Å². The molecule has 2 N–H and O–H groups in total. The number of rotatable bonds is 6. The van der Waals surface area contributed by atoms with Gasteiger partial charge in [-0.15, -0.1) is 0 Å². The number of nitrogens with one attached hydrogen (secondary N) is 1. The third kappa shape index (κ3) is 3.85. The summed E-state index contributed by atoms with van der Waals surface area (Å²) in [6.45, 7) is -0.0693. The largest absolute Gasteiger partial charge is 0.480 e. The number of hydrogen-bond donors (Lipinski definition) is 2. The Morgan fingerprint density at radius 3 is 2.73 bits per heavy atom. The van der Waals surface area contributed by atoms with Crippen LogP contribution in [0.3, 0.4) is 0 Å². The predicted molar refractivity (Wildman–Crippen MR) is 79.8 cm³/mol. The molecule has 7 nitrogen and oxygen atoms in total. The van der Waals surface area contributed by atoms with E-state index in [-0.39, 0.29) is 12.5 Å². The Morgan fingerprint density at radius 2 is 2.14 bits per heavy atom. The molecule has 22 heavy (non-hydrogen) atoms. The van der Waals surface area contributed by atoms with Gasteiger partial charge < -0.3 is 15.2 Å². The number of methoxy groups -OCH3 is 1. The molecule has 1 amide bonds. The fourth-order valence-electron chi connectivity index (χ4n) is 2.94. The summed E-state index contributed by atoms with van der Waals surface area (Å²) in [7, 11) is 3.17. The van der Waals surface area contributed by atoms with Gasteiger partial charge in [-0.05, 0) is 12.8 Å². The molecular weight excluding hydrogens is 286 g/mol. The second-order valence-electron chi connectivity index (χ2n) is 5.76. The number of carbonyl (C=O) groups excluding carboxylic acids is 1. The molecule has 1 atom stereocenters. The molecule has 1 saturated carbocycles. The Labute approximate surface area is 129 Å². The van der Waals surface area contributed by atoms with Crippen LogP contribution >= 0.6 is 0 Å². The highest BCUT2D eigenvalue weighted by Crippen LogP contribution is 2.33. The van der Waals surface area contributed by atoms with Crippen LogP contribution in [-0.4, -0.2) is 46.5 Å². The van der Waals surface area contributed by atoms with Crippen molar-refractivity contribution in [1.82, 2.24) is 15.1 Å². The van der Waals surface area contributed by atoms with Gasteiger partial charge in [-0.1, -0.05) is 19.3 Å². The fourth-order valence-corrected chi connectivity index (χ4v) is 2.94. The maximum Gasteiger partial charge on any atom is 0.328 e. The molecular formula is C15H23N3O4. The van der Waals surface area contributed by atoms with Gasteiger partial charge in [-0.3, -0.25) is 9.48 Å². The van der Waals surface area contributed by atoms with Gasteiger partial charge in [0.15, 0.2) is 6.04 Å². The van der Waals surface area contributed by atoms with Gasteiger partial charge in [0.05, 0.1) is 17.9 Å². The number of carbonyl (C=O) groups is 2. The number of hydrogen-bond acceptors (Lipinski definition) is 4. The SMILES string of the molecule is COCC(NC(=O)c1cn(C)nc1C1CCCCC1)C(=O)O. The number of carboxylic acid groups (broad SMARTS) is 1. The molecule has 1 heterocycles. The number of aliphatic carboxylic acids is 1. The Kier molecular flexibility index (Phi) is 5.54. The first-order valence-corrected chi connectivity index (χ1v) is 7.59. The average molecular weight is 309 g/mol. The quantitative estimate of drug-likeness (QED) is 0.826. The average Bonchev–Trinajstić information content (AvgIpc) is 2.89. The zero-order chi connectivity index (χ0) is 16.1. The highest BCUT2D eigenvalue weighted by molar-refractivity contribution is 5.97. The van der Waals surface area contributed by atoms with Crippen molar-refractivity contribution >= 4 is 11.9 Å². The lowest BCUT2D eigenvalue weighted by atomic mass is 9.85. The van der Waals surface area contributed by atoms with Gasteiger partial charge in [0.1, 0.15) is 0 Å². The fraction of sp³-hybridized carbons (Fsp3) is 0.667. The lowest BCUT2D eigenvalue weighted by molar-refractivity contribution is -0.140. The molecule has 1 aromatic rings. The maximum atomic E-state index is 12.4. The number of aromatic nitrogens is 2. The minimum absolute atomic E-state index is 0.0693. The smallest absolute Gasteiger partial charge is 0.328 e. The molecule has 1 aromatic heterocycles. The van der Waals surface area contributed by atoms with Crippen molar-refractivity contribution in [2.45, 2.75) is 44.1 Å². The molecule has 1 aliphatic rings. The summed E-state index contributed by atoms with van der Waals surface area (Å²) >= 11 is 0. The zero-order valence-corrected chi connectivity index (χ0v) is 13.0. The van der Waals surface area contributed by atoms with E-state index in [0.717, 1.165) is 31.4 Å². The topological polar surface area (TPSA) is 93.5 Å². The van der Waals surface area contributed by atoms with E-state index in [1.807, 2.05) is 0 Å². The van der Waals surface area contributed by atoms with Gasteiger partial charge in [0.25, 0.3) is 5.91 Å². The third-order valence-corrected chi connectivity index (χ3v) is 4.03. The Balaban J connectivity index is 2.16. The van der Waals surface area contributed by atoms with Gasteiger partial charge >= 0.3 is 5.97 Å². The molecule has 1 unspecified atom stereocenters. The van der Waals surface area contributed by atoms with Crippen LogP contribution in [0.25, 0.3) is 0 Å². The minimum Gasteiger partial charge on any atom is -0.480 e. The summed E-state index contributed by atoms with van der Waals surface area (Å²) in [5.41, 5.74) is 1.25. The Morgan fingerprint density at radius 1 is 1.45 bits per heavy atom. The molecule has 0 radical (unpaired) electrons. The first kappa shape index (κ1) is 16.5. The monoisotopic (exact) mass is 309 g/mol. The van der Waals surface area contributed by atoms with E-state index in [4.69, 9.17) is 9.84 Å². The summed E-state index contributed by atoms with van der Waals surface area (Å²) in [4.78, 5) is 23.6. The second-order valence-corrected chi connectivity index (χ2v) is 5.76. The maximum absolute atomic E-state index is 12.4. The van der Waals surface area contributed by atoms with Crippen molar-refractivity contribution in [2.24, 2.45) is 7.05 Å². The number of amides is 1. The predicted octanol–water partition coefficient (Wildman–Crippen LogP) is 1.30. The molecule has 1 aliphatic carbocycles. The van der Waals surface area contributed by atoms with Crippen molar-refractivity contribution < 1.29 is 19.4 Å². The first-order valence-electron chi connectivity index (χ1n) is 7.59. The van der Waals surface area contributed by atoms with Crippen molar-refractivity contribution in [3.63, 3.8) is 0 Å². The summed E-state index contributed by atoms with van der Waals surface area (Å²) in [6, 6.07) is -1.06. The first-order chi connectivity index (χ1) is 10.5. The van der Waals surface area contributed by atoms with Crippen LogP contribution in [0, 0.1) is 0 Å². The number of carboxylic acids is 1. The highest BCUT2D eigenvalue weighted by atomic mass is 16.5. The van der Waals surface area contributed by atoms with E-state index in [0.29, 0.717) is 5.56 Å². The molecule has 0 saturated heterocycles. The van der Waals surface area contributed by atoms with E-state index in [1.54, 1.807) is 17.9 Å². The van der Waals surface area contributed by atoms with Crippen molar-refractivity contribution in [1.29, 1.82) is 0 Å². The normalized spacial score (nSPS) is 17.2. The van der Waals surface area contributed by atoms with Crippen LogP contribution in [0.2, 0.25) is 0 Å². The molecule has 122 valence electrons. The minimum atomic E-state index is -1.11. The third-order valence-electron chi connectivity index (χ3n) is 4.03. The van der Waals surface area contributed by atoms with E-state index in [9.17, 15) is 9.59 Å². The highest BCUT2D eigenvalue weighted by Gasteiger charge is 2.27. The summed E-state index contributed by atoms with van der Waals surface area (Å²) < 4.78 is 6.45. The van der Waals surface area contributed by atoms with Crippen LogP contribution in [-0.2, 0) is 16.6 Å². The zero-order valence-electron chi connectivity index (χ0n) is 13.0. The molecule has 0 spiro atoms. The van der Waals surface area contributed by atoms with Crippen LogP contribution < -0.4 is 5.32 Å². The van der Waals surface area contributed by atoms with E-state index < -0.39 is 17.9 Å². The van der Waals surface area contributed by atoms with Gasteiger partial charge in [0.2, 0.25) is 0 Å². The van der Waals surface area contributed by atoms with Crippen LogP contribution in [0.5, 0.6) is 0 Å².